The van der Waals surface area contributed by atoms with Crippen LogP contribution in [0, 0.1) is 5.92 Å². The summed E-state index contributed by atoms with van der Waals surface area (Å²) < 4.78 is 0. The molecule has 22 heavy (non-hydrogen) atoms. The Bertz CT molecular complexity index is 457. The lowest BCUT2D eigenvalue weighted by Crippen LogP contribution is -2.52. The van der Waals surface area contributed by atoms with E-state index in [0.29, 0.717) is 19.4 Å². The maximum atomic E-state index is 12.4. The maximum absolute atomic E-state index is 12.4. The molecule has 2 N–H and O–H groups in total. The highest BCUT2D eigenvalue weighted by Gasteiger charge is 2.37. The van der Waals surface area contributed by atoms with Crippen LogP contribution in [0.15, 0.2) is 0 Å². The molecule has 0 aromatic carbocycles. The number of hydrogen-bond donors (Lipinski definition) is 3. The Balaban J connectivity index is 1.93. The molecule has 0 spiro atoms. The molecular formula is C15H24N2O4S. The van der Waals surface area contributed by atoms with Gasteiger partial charge in [-0.1, -0.05) is 12.8 Å². The fourth-order valence-corrected chi connectivity index (χ4v) is 3.80. The van der Waals surface area contributed by atoms with Gasteiger partial charge >= 0.3 is 5.97 Å². The van der Waals surface area contributed by atoms with Crippen molar-refractivity contribution in [2.75, 3.05) is 6.54 Å². The number of carbonyl (C=O) groups is 3. The van der Waals surface area contributed by atoms with Crippen molar-refractivity contribution in [3.8, 4) is 0 Å². The quantitative estimate of drug-likeness (QED) is 0.674. The van der Waals surface area contributed by atoms with Gasteiger partial charge in [-0.15, -0.1) is 0 Å². The largest absolute Gasteiger partial charge is 0.480 e. The predicted octanol–water partition coefficient (Wildman–Crippen LogP) is 1.06. The Kier molecular flexibility index (Phi) is 5.72. The molecule has 0 unspecified atom stereocenters. The molecule has 1 saturated heterocycles. The van der Waals surface area contributed by atoms with Crippen LogP contribution in [-0.2, 0) is 14.4 Å². The van der Waals surface area contributed by atoms with Crippen molar-refractivity contribution in [2.24, 2.45) is 5.92 Å². The summed E-state index contributed by atoms with van der Waals surface area (Å²) in [6.07, 6.45) is 4.96. The molecule has 2 amide bonds. The number of rotatable bonds is 4. The topological polar surface area (TPSA) is 86.7 Å². The van der Waals surface area contributed by atoms with Crippen molar-refractivity contribution in [2.45, 2.75) is 62.8 Å². The molecule has 0 bridgehead atoms. The monoisotopic (exact) mass is 328 g/mol. The maximum Gasteiger partial charge on any atom is 0.326 e. The SMILES string of the molecule is C[C@H](NC(=O)[C@@H]1CCCC[C@H]1S)C(=O)N1CCC[C@H]1C(=O)O. The number of carboxylic acids is 1. The van der Waals surface area contributed by atoms with Crippen molar-refractivity contribution in [3.05, 3.63) is 0 Å². The summed E-state index contributed by atoms with van der Waals surface area (Å²) in [5.41, 5.74) is 0. The second kappa shape index (κ2) is 7.35. The van der Waals surface area contributed by atoms with E-state index in [4.69, 9.17) is 5.11 Å². The number of carboxylic acid groups (broad SMARTS) is 1. The van der Waals surface area contributed by atoms with Gasteiger partial charge < -0.3 is 15.3 Å². The van der Waals surface area contributed by atoms with Crippen molar-refractivity contribution >= 4 is 30.4 Å². The van der Waals surface area contributed by atoms with Gasteiger partial charge in [0.05, 0.1) is 0 Å². The molecule has 2 aliphatic rings. The molecule has 0 aromatic heterocycles. The van der Waals surface area contributed by atoms with Crippen molar-refractivity contribution in [3.63, 3.8) is 0 Å². The third kappa shape index (κ3) is 3.74. The molecule has 1 aliphatic carbocycles. The summed E-state index contributed by atoms with van der Waals surface area (Å²) >= 11 is 4.46. The molecule has 4 atom stereocenters. The van der Waals surface area contributed by atoms with Crippen LogP contribution in [0.1, 0.15) is 45.4 Å². The number of nitrogens with zero attached hydrogens (tertiary/aromatic N) is 1. The first-order chi connectivity index (χ1) is 10.4. The normalized spacial score (nSPS) is 29.9. The standard InChI is InChI=1S/C15H24N2O4S/c1-9(14(19)17-8-4-6-11(17)15(20)21)16-13(18)10-5-2-3-7-12(10)22/h9-12,22H,2-8H2,1H3,(H,16,18)(H,20,21)/t9-,10+,11-,12+/m0/s1. The van der Waals surface area contributed by atoms with E-state index in [0.717, 1.165) is 25.7 Å². The van der Waals surface area contributed by atoms with Crippen LogP contribution in [-0.4, -0.2) is 51.7 Å². The average Bonchev–Trinajstić information content (AvgIpc) is 2.96. The highest BCUT2D eigenvalue weighted by atomic mass is 32.1. The molecule has 0 aromatic rings. The third-order valence-corrected chi connectivity index (χ3v) is 5.23. The van der Waals surface area contributed by atoms with Crippen molar-refractivity contribution < 1.29 is 19.5 Å². The number of thiol groups is 1. The van der Waals surface area contributed by atoms with Crippen molar-refractivity contribution in [1.29, 1.82) is 0 Å². The number of aliphatic carboxylic acids is 1. The summed E-state index contributed by atoms with van der Waals surface area (Å²) in [6.45, 7) is 2.06. The van der Waals surface area contributed by atoms with E-state index in [1.165, 1.54) is 4.90 Å². The first kappa shape index (κ1) is 17.1. The summed E-state index contributed by atoms with van der Waals surface area (Å²) in [7, 11) is 0. The molecule has 2 rings (SSSR count). The Morgan fingerprint density at radius 3 is 2.50 bits per heavy atom. The summed E-state index contributed by atoms with van der Waals surface area (Å²) in [6, 6.07) is -1.46. The van der Waals surface area contributed by atoms with Crippen LogP contribution in [0.3, 0.4) is 0 Å². The highest BCUT2D eigenvalue weighted by molar-refractivity contribution is 7.81. The average molecular weight is 328 g/mol. The molecule has 124 valence electrons. The van der Waals surface area contributed by atoms with Crippen LogP contribution in [0.4, 0.5) is 0 Å². The van der Waals surface area contributed by atoms with E-state index in [1.807, 2.05) is 0 Å². The van der Waals surface area contributed by atoms with Crippen LogP contribution in [0.5, 0.6) is 0 Å². The lowest BCUT2D eigenvalue weighted by Gasteiger charge is -2.30. The number of nitrogens with one attached hydrogen (secondary N) is 1. The second-order valence-corrected chi connectivity index (χ2v) is 6.88. The highest BCUT2D eigenvalue weighted by Crippen LogP contribution is 2.28. The van der Waals surface area contributed by atoms with Crippen LogP contribution >= 0.6 is 12.6 Å². The number of hydrogen-bond acceptors (Lipinski definition) is 4. The zero-order chi connectivity index (χ0) is 16.3. The molecule has 1 heterocycles. The molecule has 1 aliphatic heterocycles. The first-order valence-corrected chi connectivity index (χ1v) is 8.45. The van der Waals surface area contributed by atoms with E-state index in [1.54, 1.807) is 6.92 Å². The minimum Gasteiger partial charge on any atom is -0.480 e. The first-order valence-electron chi connectivity index (χ1n) is 7.93. The van der Waals surface area contributed by atoms with E-state index in [2.05, 4.69) is 17.9 Å². The lowest BCUT2D eigenvalue weighted by molar-refractivity contribution is -0.149. The molecule has 2 fully saturated rings. The van der Waals surface area contributed by atoms with E-state index < -0.39 is 18.1 Å². The Morgan fingerprint density at radius 2 is 1.86 bits per heavy atom. The number of likely N-dealkylation sites (tertiary alicyclic amines) is 1. The van der Waals surface area contributed by atoms with Gasteiger partial charge in [0.15, 0.2) is 0 Å². The Labute approximate surface area is 136 Å². The van der Waals surface area contributed by atoms with Gasteiger partial charge in [-0.25, -0.2) is 4.79 Å². The predicted molar refractivity (Wildman–Crippen MR) is 84.7 cm³/mol. The molecule has 7 heteroatoms. The third-order valence-electron chi connectivity index (χ3n) is 4.62. The van der Waals surface area contributed by atoms with Gasteiger partial charge in [-0.2, -0.15) is 12.6 Å². The molecular weight excluding hydrogens is 304 g/mol. The van der Waals surface area contributed by atoms with E-state index in [-0.39, 0.29) is 23.0 Å². The van der Waals surface area contributed by atoms with E-state index in [9.17, 15) is 14.4 Å². The van der Waals surface area contributed by atoms with Gasteiger partial charge in [0.25, 0.3) is 0 Å². The molecule has 6 nitrogen and oxygen atoms in total. The van der Waals surface area contributed by atoms with Gasteiger partial charge in [0.2, 0.25) is 11.8 Å². The van der Waals surface area contributed by atoms with Gasteiger partial charge in [0.1, 0.15) is 12.1 Å². The Hall–Kier alpha value is -1.24. The minimum absolute atomic E-state index is 0.0367. The van der Waals surface area contributed by atoms with Gasteiger partial charge in [-0.3, -0.25) is 9.59 Å². The van der Waals surface area contributed by atoms with Crippen LogP contribution < -0.4 is 5.32 Å². The Morgan fingerprint density at radius 1 is 1.18 bits per heavy atom. The second-order valence-electron chi connectivity index (χ2n) is 6.22. The number of carbonyl (C=O) groups excluding carboxylic acids is 2. The smallest absolute Gasteiger partial charge is 0.326 e. The summed E-state index contributed by atoms with van der Waals surface area (Å²) in [5.74, 6) is -1.61. The molecule has 1 saturated carbocycles. The van der Waals surface area contributed by atoms with E-state index >= 15 is 0 Å². The fraction of sp³-hybridized carbons (Fsp3) is 0.800. The zero-order valence-corrected chi connectivity index (χ0v) is 13.7. The zero-order valence-electron chi connectivity index (χ0n) is 12.8. The van der Waals surface area contributed by atoms with Gasteiger partial charge in [0, 0.05) is 17.7 Å². The summed E-state index contributed by atoms with van der Waals surface area (Å²) in [4.78, 5) is 37.2. The fourth-order valence-electron chi connectivity index (χ4n) is 3.34. The van der Waals surface area contributed by atoms with Crippen LogP contribution in [0.2, 0.25) is 0 Å². The van der Waals surface area contributed by atoms with Crippen LogP contribution in [0.25, 0.3) is 0 Å². The lowest BCUT2D eigenvalue weighted by atomic mass is 9.88. The van der Waals surface area contributed by atoms with Crippen molar-refractivity contribution in [1.82, 2.24) is 10.2 Å². The number of amides is 2. The minimum atomic E-state index is -0.980. The van der Waals surface area contributed by atoms with Gasteiger partial charge in [-0.05, 0) is 32.6 Å². The molecule has 0 radical (unpaired) electrons. The summed E-state index contributed by atoms with van der Waals surface area (Å²) in [5, 5.41) is 11.9.